The molecule has 0 aliphatic heterocycles. The lowest BCUT2D eigenvalue weighted by atomic mass is 10.2. The number of anilines is 2. The van der Waals surface area contributed by atoms with E-state index >= 15 is 0 Å². The highest BCUT2D eigenvalue weighted by atomic mass is 35.5. The molecule has 2 aromatic rings. The molecule has 8 heteroatoms. The van der Waals surface area contributed by atoms with Crippen molar-refractivity contribution < 1.29 is 14.5 Å². The lowest BCUT2D eigenvalue weighted by molar-refractivity contribution is -0.383. The van der Waals surface area contributed by atoms with E-state index in [0.717, 1.165) is 5.56 Å². The van der Waals surface area contributed by atoms with E-state index in [1.807, 2.05) is 0 Å². The molecule has 0 atom stereocenters. The van der Waals surface area contributed by atoms with E-state index in [1.165, 1.54) is 13.2 Å². The van der Waals surface area contributed by atoms with Crippen molar-refractivity contribution in [2.24, 2.45) is 0 Å². The van der Waals surface area contributed by atoms with E-state index in [-0.39, 0.29) is 5.69 Å². The third kappa shape index (κ3) is 4.58. The summed E-state index contributed by atoms with van der Waals surface area (Å²) in [6.45, 7) is 0.390. The fourth-order valence-corrected chi connectivity index (χ4v) is 2.04. The fraction of sp³-hybridized carbons (Fsp3) is 0.133. The van der Waals surface area contributed by atoms with Crippen LogP contribution < -0.4 is 10.6 Å². The average Bonchev–Trinajstić information content (AvgIpc) is 2.54. The van der Waals surface area contributed by atoms with Gasteiger partial charge in [-0.3, -0.25) is 15.4 Å². The highest BCUT2D eigenvalue weighted by molar-refractivity contribution is 6.30. The van der Waals surface area contributed by atoms with Gasteiger partial charge >= 0.3 is 6.09 Å². The van der Waals surface area contributed by atoms with Gasteiger partial charge in [0.2, 0.25) is 0 Å². The number of carbonyl (C=O) groups excluding carboxylic acids is 1. The van der Waals surface area contributed by atoms with Gasteiger partial charge in [-0.2, -0.15) is 0 Å². The smallest absolute Gasteiger partial charge is 0.411 e. The molecule has 0 aromatic heterocycles. The summed E-state index contributed by atoms with van der Waals surface area (Å²) in [5.74, 6) is 0. The maximum absolute atomic E-state index is 11.1. The van der Waals surface area contributed by atoms with Crippen LogP contribution in [-0.2, 0) is 11.3 Å². The number of methoxy groups -OCH3 is 1. The van der Waals surface area contributed by atoms with Gasteiger partial charge in [-0.15, -0.1) is 0 Å². The zero-order valence-electron chi connectivity index (χ0n) is 12.2. The summed E-state index contributed by atoms with van der Waals surface area (Å²) in [6, 6.07) is 11.5. The number of amides is 1. The van der Waals surface area contributed by atoms with Crippen molar-refractivity contribution in [2.45, 2.75) is 6.54 Å². The Hall–Kier alpha value is -2.80. The normalized spacial score (nSPS) is 10.0. The number of carbonyl (C=O) groups is 1. The van der Waals surface area contributed by atoms with Crippen molar-refractivity contribution in [3.05, 3.63) is 63.2 Å². The Bertz CT molecular complexity index is 719. The van der Waals surface area contributed by atoms with E-state index in [0.29, 0.717) is 22.9 Å². The van der Waals surface area contributed by atoms with E-state index in [4.69, 9.17) is 11.6 Å². The van der Waals surface area contributed by atoms with Gasteiger partial charge in [0, 0.05) is 23.3 Å². The molecule has 0 unspecified atom stereocenters. The number of nitrogens with one attached hydrogen (secondary N) is 2. The third-order valence-electron chi connectivity index (χ3n) is 3.03. The molecule has 0 radical (unpaired) electrons. The Balaban J connectivity index is 2.04. The first-order chi connectivity index (χ1) is 11.0. The van der Waals surface area contributed by atoms with Crippen LogP contribution in [0.3, 0.4) is 0 Å². The number of ether oxygens (including phenoxy) is 1. The van der Waals surface area contributed by atoms with Crippen molar-refractivity contribution >= 4 is 34.8 Å². The highest BCUT2D eigenvalue weighted by Gasteiger charge is 2.13. The molecule has 7 nitrogen and oxygen atoms in total. The standard InChI is InChI=1S/C15H14ClN3O4/c1-23-15(20)18-12-5-2-10(3-6-12)9-17-13-7-4-11(16)8-14(13)19(21)22/h2-8,17H,9H2,1H3,(H,18,20). The lowest BCUT2D eigenvalue weighted by Crippen LogP contribution is -2.10. The maximum Gasteiger partial charge on any atom is 0.411 e. The maximum atomic E-state index is 11.1. The largest absolute Gasteiger partial charge is 0.453 e. The number of hydrogen-bond donors (Lipinski definition) is 2. The van der Waals surface area contributed by atoms with Gasteiger partial charge in [-0.1, -0.05) is 23.7 Å². The predicted octanol–water partition coefficient (Wildman–Crippen LogP) is 4.04. The van der Waals surface area contributed by atoms with Gasteiger partial charge < -0.3 is 10.1 Å². The number of halogens is 1. The number of rotatable bonds is 5. The van der Waals surface area contributed by atoms with E-state index in [1.54, 1.807) is 36.4 Å². The molecule has 2 aromatic carbocycles. The summed E-state index contributed by atoms with van der Waals surface area (Å²) >= 11 is 5.77. The van der Waals surface area contributed by atoms with Crippen LogP contribution in [-0.4, -0.2) is 18.1 Å². The van der Waals surface area contributed by atoms with E-state index in [2.05, 4.69) is 15.4 Å². The van der Waals surface area contributed by atoms with Gasteiger partial charge in [-0.05, 0) is 29.8 Å². The monoisotopic (exact) mass is 335 g/mol. The van der Waals surface area contributed by atoms with Gasteiger partial charge in [0.15, 0.2) is 0 Å². The summed E-state index contributed by atoms with van der Waals surface area (Å²) in [7, 11) is 1.28. The Kier molecular flexibility index (Phi) is 5.37. The van der Waals surface area contributed by atoms with Crippen molar-refractivity contribution in [1.29, 1.82) is 0 Å². The molecule has 120 valence electrons. The average molecular weight is 336 g/mol. The summed E-state index contributed by atoms with van der Waals surface area (Å²) in [5.41, 5.74) is 1.79. The van der Waals surface area contributed by atoms with Crippen LogP contribution in [0, 0.1) is 10.1 Å². The molecule has 2 rings (SSSR count). The zero-order chi connectivity index (χ0) is 16.8. The summed E-state index contributed by atoms with van der Waals surface area (Å²) in [5, 5.41) is 16.9. The molecule has 0 aliphatic carbocycles. The molecule has 2 N–H and O–H groups in total. The first kappa shape index (κ1) is 16.6. The molecule has 0 aliphatic rings. The van der Waals surface area contributed by atoms with Crippen LogP contribution in [0.15, 0.2) is 42.5 Å². The first-order valence-corrected chi connectivity index (χ1v) is 6.99. The molecule has 0 spiro atoms. The van der Waals surface area contributed by atoms with Crippen LogP contribution in [0.4, 0.5) is 21.9 Å². The summed E-state index contributed by atoms with van der Waals surface area (Å²) in [4.78, 5) is 21.6. The SMILES string of the molecule is COC(=O)Nc1ccc(CNc2ccc(Cl)cc2[N+](=O)[O-])cc1. The van der Waals surface area contributed by atoms with Crippen molar-refractivity contribution in [3.8, 4) is 0 Å². The molecular weight excluding hydrogens is 322 g/mol. The van der Waals surface area contributed by atoms with Crippen molar-refractivity contribution in [2.75, 3.05) is 17.7 Å². The molecule has 23 heavy (non-hydrogen) atoms. The Morgan fingerprint density at radius 1 is 1.26 bits per heavy atom. The number of hydrogen-bond acceptors (Lipinski definition) is 5. The Morgan fingerprint density at radius 2 is 1.96 bits per heavy atom. The van der Waals surface area contributed by atoms with Crippen LogP contribution in [0.5, 0.6) is 0 Å². The molecule has 0 fully saturated rings. The molecule has 0 saturated heterocycles. The highest BCUT2D eigenvalue weighted by Crippen LogP contribution is 2.28. The van der Waals surface area contributed by atoms with Crippen molar-refractivity contribution in [1.82, 2.24) is 0 Å². The van der Waals surface area contributed by atoms with Crippen LogP contribution in [0.25, 0.3) is 0 Å². The fourth-order valence-electron chi connectivity index (χ4n) is 1.88. The quantitative estimate of drug-likeness (QED) is 0.635. The summed E-state index contributed by atoms with van der Waals surface area (Å²) < 4.78 is 4.50. The number of nitro benzene ring substituents is 1. The molecule has 0 heterocycles. The van der Waals surface area contributed by atoms with E-state index in [9.17, 15) is 14.9 Å². The predicted molar refractivity (Wildman–Crippen MR) is 87.9 cm³/mol. The van der Waals surface area contributed by atoms with Gasteiger partial charge in [0.1, 0.15) is 5.69 Å². The summed E-state index contributed by atoms with van der Waals surface area (Å²) in [6.07, 6.45) is -0.548. The van der Waals surface area contributed by atoms with Crippen molar-refractivity contribution in [3.63, 3.8) is 0 Å². The second kappa shape index (κ2) is 7.46. The topological polar surface area (TPSA) is 93.5 Å². The van der Waals surface area contributed by atoms with Gasteiger partial charge in [0.05, 0.1) is 12.0 Å². The number of benzene rings is 2. The number of nitrogens with zero attached hydrogens (tertiary/aromatic N) is 1. The van der Waals surface area contributed by atoms with E-state index < -0.39 is 11.0 Å². The molecule has 1 amide bonds. The van der Waals surface area contributed by atoms with Crippen LogP contribution in [0.1, 0.15) is 5.56 Å². The Labute approximate surface area is 137 Å². The molecular formula is C15H14ClN3O4. The number of nitro groups is 1. The molecule has 0 bridgehead atoms. The second-order valence-electron chi connectivity index (χ2n) is 4.59. The first-order valence-electron chi connectivity index (χ1n) is 6.61. The Morgan fingerprint density at radius 3 is 2.57 bits per heavy atom. The van der Waals surface area contributed by atoms with Crippen LogP contribution >= 0.6 is 11.6 Å². The second-order valence-corrected chi connectivity index (χ2v) is 5.02. The molecule has 0 saturated carbocycles. The van der Waals surface area contributed by atoms with Crippen LogP contribution in [0.2, 0.25) is 5.02 Å². The minimum Gasteiger partial charge on any atom is -0.453 e. The minimum atomic E-state index is -0.548. The zero-order valence-corrected chi connectivity index (χ0v) is 13.0. The minimum absolute atomic E-state index is 0.0820. The third-order valence-corrected chi connectivity index (χ3v) is 3.26. The van der Waals surface area contributed by atoms with Gasteiger partial charge in [0.25, 0.3) is 5.69 Å². The van der Waals surface area contributed by atoms with Gasteiger partial charge in [-0.25, -0.2) is 4.79 Å². The lowest BCUT2D eigenvalue weighted by Gasteiger charge is -2.09.